The smallest absolute Gasteiger partial charge is 0.255 e. The summed E-state index contributed by atoms with van der Waals surface area (Å²) in [6, 6.07) is 9.84. The molecule has 124 valence electrons. The van der Waals surface area contributed by atoms with Crippen LogP contribution in [0.5, 0.6) is 0 Å². The van der Waals surface area contributed by atoms with Gasteiger partial charge in [-0.3, -0.25) is 4.79 Å². The van der Waals surface area contributed by atoms with Gasteiger partial charge in [0.05, 0.1) is 18.1 Å². The standard InChI is InChI=1S/C19H22N4O/c1-12(2)14-5-7-15(8-6-14)19(24)22-17-9-16-10-21-23(13(3)4)18(16)20-11-17/h5-13H,1-4H3,(H,22,24). The quantitative estimate of drug-likeness (QED) is 0.775. The van der Waals surface area contributed by atoms with Crippen molar-refractivity contribution >= 4 is 22.6 Å². The first kappa shape index (κ1) is 16.2. The second kappa shape index (κ2) is 6.43. The molecule has 0 saturated heterocycles. The van der Waals surface area contributed by atoms with Crippen LogP contribution in [-0.4, -0.2) is 20.7 Å². The van der Waals surface area contributed by atoms with Crippen LogP contribution in [0.3, 0.4) is 0 Å². The monoisotopic (exact) mass is 322 g/mol. The van der Waals surface area contributed by atoms with Crippen molar-refractivity contribution < 1.29 is 4.79 Å². The number of benzene rings is 1. The van der Waals surface area contributed by atoms with Crippen LogP contribution in [0, 0.1) is 0 Å². The largest absolute Gasteiger partial charge is 0.321 e. The molecule has 24 heavy (non-hydrogen) atoms. The van der Waals surface area contributed by atoms with Crippen LogP contribution >= 0.6 is 0 Å². The fourth-order valence-corrected chi connectivity index (χ4v) is 2.61. The van der Waals surface area contributed by atoms with Crippen molar-refractivity contribution in [3.8, 4) is 0 Å². The van der Waals surface area contributed by atoms with E-state index in [1.165, 1.54) is 5.56 Å². The van der Waals surface area contributed by atoms with E-state index in [2.05, 4.69) is 43.1 Å². The molecule has 1 N–H and O–H groups in total. The van der Waals surface area contributed by atoms with E-state index in [4.69, 9.17) is 0 Å². The van der Waals surface area contributed by atoms with Crippen LogP contribution < -0.4 is 5.32 Å². The maximum Gasteiger partial charge on any atom is 0.255 e. The second-order valence-corrected chi connectivity index (χ2v) is 6.55. The Balaban J connectivity index is 1.80. The molecule has 5 nitrogen and oxygen atoms in total. The Morgan fingerprint density at radius 3 is 2.42 bits per heavy atom. The molecule has 5 heteroatoms. The number of hydrogen-bond donors (Lipinski definition) is 1. The molecule has 0 saturated carbocycles. The normalized spacial score (nSPS) is 11.4. The average Bonchev–Trinajstić information content (AvgIpc) is 2.98. The summed E-state index contributed by atoms with van der Waals surface area (Å²) in [4.78, 5) is 16.8. The van der Waals surface area contributed by atoms with Gasteiger partial charge in [-0.25, -0.2) is 9.67 Å². The Morgan fingerprint density at radius 1 is 1.08 bits per heavy atom. The van der Waals surface area contributed by atoms with Gasteiger partial charge in [0.2, 0.25) is 0 Å². The van der Waals surface area contributed by atoms with E-state index in [1.54, 1.807) is 12.4 Å². The molecule has 0 radical (unpaired) electrons. The van der Waals surface area contributed by atoms with Crippen molar-refractivity contribution in [2.24, 2.45) is 0 Å². The molecule has 3 aromatic rings. The third kappa shape index (κ3) is 3.15. The van der Waals surface area contributed by atoms with E-state index in [9.17, 15) is 4.79 Å². The number of carbonyl (C=O) groups is 1. The average molecular weight is 322 g/mol. The number of aromatic nitrogens is 3. The number of carbonyl (C=O) groups excluding carboxylic acids is 1. The number of fused-ring (bicyclic) bond motifs is 1. The highest BCUT2D eigenvalue weighted by Crippen LogP contribution is 2.20. The van der Waals surface area contributed by atoms with Gasteiger partial charge in [0, 0.05) is 17.0 Å². The lowest BCUT2D eigenvalue weighted by molar-refractivity contribution is 0.102. The molecule has 0 atom stereocenters. The minimum absolute atomic E-state index is 0.136. The van der Waals surface area contributed by atoms with Gasteiger partial charge in [0.25, 0.3) is 5.91 Å². The fourth-order valence-electron chi connectivity index (χ4n) is 2.61. The maximum absolute atomic E-state index is 12.4. The molecule has 0 aliphatic carbocycles. The van der Waals surface area contributed by atoms with Crippen molar-refractivity contribution in [3.05, 3.63) is 53.9 Å². The van der Waals surface area contributed by atoms with Crippen molar-refractivity contribution in [3.63, 3.8) is 0 Å². The number of nitrogens with one attached hydrogen (secondary N) is 1. The Morgan fingerprint density at radius 2 is 1.79 bits per heavy atom. The predicted octanol–water partition coefficient (Wildman–Crippen LogP) is 4.39. The van der Waals surface area contributed by atoms with E-state index in [0.29, 0.717) is 17.2 Å². The molecule has 0 bridgehead atoms. The highest BCUT2D eigenvalue weighted by atomic mass is 16.1. The van der Waals surface area contributed by atoms with Gasteiger partial charge in [-0.05, 0) is 43.5 Å². The molecule has 1 aromatic carbocycles. The Bertz CT molecular complexity index is 863. The Hall–Kier alpha value is -2.69. The highest BCUT2D eigenvalue weighted by Gasteiger charge is 2.11. The minimum Gasteiger partial charge on any atom is -0.321 e. The molecule has 0 fully saturated rings. The first-order valence-electron chi connectivity index (χ1n) is 8.20. The second-order valence-electron chi connectivity index (χ2n) is 6.55. The number of amides is 1. The summed E-state index contributed by atoms with van der Waals surface area (Å²) in [5.74, 6) is 0.314. The zero-order valence-corrected chi connectivity index (χ0v) is 14.4. The highest BCUT2D eigenvalue weighted by molar-refractivity contribution is 6.04. The van der Waals surface area contributed by atoms with Gasteiger partial charge < -0.3 is 5.32 Å². The lowest BCUT2D eigenvalue weighted by atomic mass is 10.0. The number of anilines is 1. The summed E-state index contributed by atoms with van der Waals surface area (Å²) < 4.78 is 1.87. The maximum atomic E-state index is 12.4. The summed E-state index contributed by atoms with van der Waals surface area (Å²) >= 11 is 0. The predicted molar refractivity (Wildman–Crippen MR) is 96.4 cm³/mol. The van der Waals surface area contributed by atoms with Gasteiger partial charge in [-0.1, -0.05) is 26.0 Å². The van der Waals surface area contributed by atoms with Crippen LogP contribution in [0.2, 0.25) is 0 Å². The van der Waals surface area contributed by atoms with Crippen LogP contribution in [0.4, 0.5) is 5.69 Å². The van der Waals surface area contributed by atoms with Gasteiger partial charge >= 0.3 is 0 Å². The molecule has 1 amide bonds. The van der Waals surface area contributed by atoms with Crippen LogP contribution in [0.15, 0.2) is 42.7 Å². The first-order chi connectivity index (χ1) is 11.5. The van der Waals surface area contributed by atoms with Crippen LogP contribution in [0.1, 0.15) is 55.6 Å². The summed E-state index contributed by atoms with van der Waals surface area (Å²) in [5, 5.41) is 8.15. The van der Waals surface area contributed by atoms with Gasteiger partial charge in [-0.15, -0.1) is 0 Å². The lowest BCUT2D eigenvalue weighted by Gasteiger charge is -2.09. The third-order valence-corrected chi connectivity index (χ3v) is 4.02. The topological polar surface area (TPSA) is 59.8 Å². The zero-order chi connectivity index (χ0) is 17.3. The molecule has 2 aromatic heterocycles. The summed E-state index contributed by atoms with van der Waals surface area (Å²) in [7, 11) is 0. The number of hydrogen-bond acceptors (Lipinski definition) is 3. The Kier molecular flexibility index (Phi) is 4.34. The number of rotatable bonds is 4. The molecule has 0 spiro atoms. The molecule has 3 rings (SSSR count). The van der Waals surface area contributed by atoms with E-state index in [0.717, 1.165) is 11.0 Å². The van der Waals surface area contributed by atoms with Gasteiger partial charge in [-0.2, -0.15) is 5.10 Å². The number of nitrogens with zero attached hydrogens (tertiary/aromatic N) is 3. The Labute approximate surface area is 141 Å². The van der Waals surface area contributed by atoms with Crippen molar-refractivity contribution in [1.82, 2.24) is 14.8 Å². The SMILES string of the molecule is CC(C)c1ccc(C(=O)Nc2cnc3c(cnn3C(C)C)c2)cc1. The first-order valence-corrected chi connectivity index (χ1v) is 8.20. The van der Waals surface area contributed by atoms with Crippen molar-refractivity contribution in [2.45, 2.75) is 39.7 Å². The third-order valence-electron chi connectivity index (χ3n) is 4.02. The zero-order valence-electron chi connectivity index (χ0n) is 14.4. The molecule has 0 aliphatic rings. The molecule has 0 unspecified atom stereocenters. The molecule has 2 heterocycles. The van der Waals surface area contributed by atoms with E-state index in [1.807, 2.05) is 35.0 Å². The minimum atomic E-state index is -0.136. The summed E-state index contributed by atoms with van der Waals surface area (Å²) in [6.07, 6.45) is 3.44. The van der Waals surface area contributed by atoms with Crippen LogP contribution in [0.25, 0.3) is 11.0 Å². The van der Waals surface area contributed by atoms with E-state index < -0.39 is 0 Å². The lowest BCUT2D eigenvalue weighted by Crippen LogP contribution is -2.12. The summed E-state index contributed by atoms with van der Waals surface area (Å²) in [5.41, 5.74) is 3.35. The molecular weight excluding hydrogens is 300 g/mol. The van der Waals surface area contributed by atoms with E-state index >= 15 is 0 Å². The van der Waals surface area contributed by atoms with Gasteiger partial charge in [0.15, 0.2) is 5.65 Å². The van der Waals surface area contributed by atoms with Gasteiger partial charge in [0.1, 0.15) is 0 Å². The summed E-state index contributed by atoms with van der Waals surface area (Å²) in [6.45, 7) is 8.38. The van der Waals surface area contributed by atoms with Crippen molar-refractivity contribution in [2.75, 3.05) is 5.32 Å². The fraction of sp³-hybridized carbons (Fsp3) is 0.316. The van der Waals surface area contributed by atoms with Crippen LogP contribution in [-0.2, 0) is 0 Å². The number of pyridine rings is 1. The van der Waals surface area contributed by atoms with Crippen molar-refractivity contribution in [1.29, 1.82) is 0 Å². The molecule has 0 aliphatic heterocycles. The van der Waals surface area contributed by atoms with E-state index in [-0.39, 0.29) is 11.9 Å². The molecular formula is C19H22N4O.